The van der Waals surface area contributed by atoms with Gasteiger partial charge in [0.25, 0.3) is 15.7 Å². The molecule has 36 heavy (non-hydrogen) atoms. The molecule has 0 fully saturated rings. The summed E-state index contributed by atoms with van der Waals surface area (Å²) >= 11 is 0. The Morgan fingerprint density at radius 3 is 2.08 bits per heavy atom. The van der Waals surface area contributed by atoms with Gasteiger partial charge in [-0.1, -0.05) is 0 Å². The predicted octanol–water partition coefficient (Wildman–Crippen LogP) is -1.11. The first kappa shape index (κ1) is 30.8. The highest BCUT2D eigenvalue weighted by atomic mass is 32.3. The van der Waals surface area contributed by atoms with Gasteiger partial charge in [-0.25, -0.2) is 17.4 Å². The third-order valence-corrected chi connectivity index (χ3v) is 7.14. The molecule has 0 bridgehead atoms. The van der Waals surface area contributed by atoms with Crippen LogP contribution in [0.25, 0.3) is 0 Å². The number of carboxylic acid groups (broad SMARTS) is 1. The van der Waals surface area contributed by atoms with Gasteiger partial charge in [0, 0.05) is 18.3 Å². The van der Waals surface area contributed by atoms with Crippen molar-refractivity contribution < 1.29 is 53.5 Å². The SMILES string of the molecule is Cc1cc(=O)n(CCS(=O)(=O)O)c(O)c1N.Nc1cc(S(=O)(=O)CCOS(=O)(=O)O)ccc1C(=O)O. The lowest BCUT2D eigenvalue weighted by molar-refractivity contribution is 0.0697. The molecule has 0 radical (unpaired) electrons. The first-order chi connectivity index (χ1) is 16.2. The number of carboxylic acids is 1. The zero-order valence-electron chi connectivity index (χ0n) is 18.4. The van der Waals surface area contributed by atoms with Crippen molar-refractivity contribution in [3.63, 3.8) is 0 Å². The molecule has 0 saturated carbocycles. The lowest BCUT2D eigenvalue weighted by Crippen LogP contribution is -2.24. The molecular formula is C17H23N3O13S3. The van der Waals surface area contributed by atoms with E-state index in [9.17, 15) is 39.9 Å². The number of sulfone groups is 1. The summed E-state index contributed by atoms with van der Waals surface area (Å²) in [4.78, 5) is 21.8. The van der Waals surface area contributed by atoms with Gasteiger partial charge in [-0.05, 0) is 30.7 Å². The van der Waals surface area contributed by atoms with Gasteiger partial charge in [-0.2, -0.15) is 16.8 Å². The van der Waals surface area contributed by atoms with Gasteiger partial charge in [0.05, 0.1) is 34.3 Å². The van der Waals surface area contributed by atoms with E-state index in [0.29, 0.717) is 5.56 Å². The van der Waals surface area contributed by atoms with Crippen LogP contribution in [0, 0.1) is 6.92 Å². The number of pyridine rings is 1. The third kappa shape index (κ3) is 9.43. The van der Waals surface area contributed by atoms with Crippen molar-refractivity contribution in [3.05, 3.63) is 45.7 Å². The molecule has 0 atom stereocenters. The Morgan fingerprint density at radius 1 is 1.03 bits per heavy atom. The van der Waals surface area contributed by atoms with Crippen LogP contribution in [0.15, 0.2) is 34.0 Å². The largest absolute Gasteiger partial charge is 0.493 e. The topological polar surface area (TPSA) is 284 Å². The minimum Gasteiger partial charge on any atom is -0.493 e. The summed E-state index contributed by atoms with van der Waals surface area (Å²) in [5.41, 5.74) is 10.2. The molecule has 16 nitrogen and oxygen atoms in total. The normalized spacial score (nSPS) is 12.0. The Bertz CT molecular complexity index is 1510. The number of aromatic hydroxyl groups is 1. The number of hydrogen-bond acceptors (Lipinski definition) is 12. The van der Waals surface area contributed by atoms with Crippen LogP contribution in [0.5, 0.6) is 5.88 Å². The highest BCUT2D eigenvalue weighted by Gasteiger charge is 2.19. The molecule has 1 heterocycles. The average Bonchev–Trinajstić information content (AvgIpc) is 2.70. The van der Waals surface area contributed by atoms with Crippen molar-refractivity contribution in [2.45, 2.75) is 18.4 Å². The summed E-state index contributed by atoms with van der Waals surface area (Å²) in [6.07, 6.45) is 0. The van der Waals surface area contributed by atoms with Gasteiger partial charge in [-0.3, -0.25) is 18.5 Å². The van der Waals surface area contributed by atoms with E-state index >= 15 is 0 Å². The molecule has 19 heteroatoms. The number of nitrogens with zero attached hydrogens (tertiary/aromatic N) is 1. The number of benzene rings is 1. The molecule has 0 spiro atoms. The van der Waals surface area contributed by atoms with Crippen LogP contribution in [0.3, 0.4) is 0 Å². The molecule has 2 aromatic rings. The molecule has 8 N–H and O–H groups in total. The van der Waals surface area contributed by atoms with Gasteiger partial charge >= 0.3 is 16.4 Å². The number of nitrogens with two attached hydrogens (primary N) is 2. The molecule has 0 amide bonds. The summed E-state index contributed by atoms with van der Waals surface area (Å²) in [6.45, 7) is 0.416. The fraction of sp³-hybridized carbons (Fsp3) is 0.294. The monoisotopic (exact) mass is 573 g/mol. The van der Waals surface area contributed by atoms with Crippen LogP contribution in [-0.4, -0.2) is 73.2 Å². The standard InChI is InChI=1S/C9H11NO8S2.C8H12N2O5S/c10-8-5-6(1-2-7(8)9(11)12)19(13,14)4-3-18-20(15,16)17;1-5-4-6(11)10(8(12)7(5)9)2-3-16(13,14)15/h1-2,5H,3-4,10H2,(H,11,12)(H,15,16,17);4,12H,2-3,9H2,1H3,(H,13,14,15). The van der Waals surface area contributed by atoms with Crippen LogP contribution in [0.4, 0.5) is 11.4 Å². The van der Waals surface area contributed by atoms with Crippen molar-refractivity contribution in [1.82, 2.24) is 4.57 Å². The van der Waals surface area contributed by atoms with Crippen molar-refractivity contribution in [3.8, 4) is 5.88 Å². The van der Waals surface area contributed by atoms with E-state index in [1.165, 1.54) is 6.07 Å². The number of aromatic carboxylic acids is 1. The zero-order chi connectivity index (χ0) is 28.1. The quantitative estimate of drug-likeness (QED) is 0.153. The first-order valence-electron chi connectivity index (χ1n) is 9.36. The summed E-state index contributed by atoms with van der Waals surface area (Å²) in [5.74, 6) is -3.18. The Morgan fingerprint density at radius 2 is 1.61 bits per heavy atom. The van der Waals surface area contributed by atoms with Gasteiger partial charge < -0.3 is 21.7 Å². The van der Waals surface area contributed by atoms with Gasteiger partial charge in [-0.15, -0.1) is 0 Å². The second-order valence-electron chi connectivity index (χ2n) is 6.96. The maximum absolute atomic E-state index is 11.8. The molecule has 0 aliphatic carbocycles. The first-order valence-corrected chi connectivity index (χ1v) is 14.0. The number of aryl methyl sites for hydroxylation is 1. The Balaban J connectivity index is 0.000000369. The number of nitrogen functional groups attached to an aromatic ring is 2. The Labute approximate surface area is 205 Å². The molecule has 0 saturated heterocycles. The van der Waals surface area contributed by atoms with Crippen LogP contribution >= 0.6 is 0 Å². The van der Waals surface area contributed by atoms with Crippen molar-refractivity contribution in [2.75, 3.05) is 29.6 Å². The van der Waals surface area contributed by atoms with Crippen molar-refractivity contribution in [1.29, 1.82) is 0 Å². The highest BCUT2D eigenvalue weighted by Crippen LogP contribution is 2.21. The number of hydrogen-bond donors (Lipinski definition) is 6. The molecule has 202 valence electrons. The number of aromatic nitrogens is 1. The number of anilines is 2. The maximum Gasteiger partial charge on any atom is 0.397 e. The molecule has 0 unspecified atom stereocenters. The van der Waals surface area contributed by atoms with Crippen molar-refractivity contribution >= 4 is 47.7 Å². The zero-order valence-corrected chi connectivity index (χ0v) is 20.9. The minimum atomic E-state index is -4.72. The average molecular weight is 574 g/mol. The minimum absolute atomic E-state index is 0.00920. The summed E-state index contributed by atoms with van der Waals surface area (Å²) in [7, 11) is -12.8. The van der Waals surface area contributed by atoms with Crippen molar-refractivity contribution in [2.24, 2.45) is 0 Å². The van der Waals surface area contributed by atoms with Crippen LogP contribution < -0.4 is 17.0 Å². The van der Waals surface area contributed by atoms with Crippen LogP contribution in [0.2, 0.25) is 0 Å². The van der Waals surface area contributed by atoms with E-state index < -0.39 is 65.9 Å². The van der Waals surface area contributed by atoms with E-state index in [2.05, 4.69) is 4.18 Å². The fourth-order valence-electron chi connectivity index (χ4n) is 2.49. The molecular weight excluding hydrogens is 550 g/mol. The maximum atomic E-state index is 11.8. The van der Waals surface area contributed by atoms with Gasteiger partial charge in [0.2, 0.25) is 5.88 Å². The van der Waals surface area contributed by atoms with E-state index in [4.69, 9.17) is 25.7 Å². The van der Waals surface area contributed by atoms with E-state index in [-0.39, 0.29) is 28.4 Å². The van der Waals surface area contributed by atoms with E-state index in [0.717, 1.165) is 22.8 Å². The van der Waals surface area contributed by atoms with E-state index in [1.54, 1.807) is 6.92 Å². The molecule has 0 aliphatic heterocycles. The lowest BCUT2D eigenvalue weighted by Gasteiger charge is -2.10. The lowest BCUT2D eigenvalue weighted by atomic mass is 10.2. The molecule has 0 aliphatic rings. The highest BCUT2D eigenvalue weighted by molar-refractivity contribution is 7.91. The Kier molecular flexibility index (Phi) is 9.98. The summed E-state index contributed by atoms with van der Waals surface area (Å²) in [6, 6.07) is 4.18. The second-order valence-corrected chi connectivity index (χ2v) is 11.7. The van der Waals surface area contributed by atoms with Crippen LogP contribution in [-0.2, 0) is 41.1 Å². The van der Waals surface area contributed by atoms with Crippen LogP contribution in [0.1, 0.15) is 15.9 Å². The Hall–Kier alpha value is -3.23. The second kappa shape index (κ2) is 11.7. The van der Waals surface area contributed by atoms with Gasteiger partial charge in [0.15, 0.2) is 9.84 Å². The number of rotatable bonds is 9. The predicted molar refractivity (Wildman–Crippen MR) is 125 cm³/mol. The number of carbonyl (C=O) groups is 1. The van der Waals surface area contributed by atoms with E-state index in [1.807, 2.05) is 0 Å². The fourth-order valence-corrected chi connectivity index (χ4v) is 4.42. The van der Waals surface area contributed by atoms with Gasteiger partial charge in [0.1, 0.15) is 0 Å². The summed E-state index contributed by atoms with van der Waals surface area (Å²) < 4.78 is 86.7. The smallest absolute Gasteiger partial charge is 0.397 e. The molecule has 2 rings (SSSR count). The summed E-state index contributed by atoms with van der Waals surface area (Å²) in [5, 5.41) is 18.3. The molecule has 1 aromatic carbocycles. The third-order valence-electron chi connectivity index (χ3n) is 4.30. The molecule has 1 aromatic heterocycles.